The summed E-state index contributed by atoms with van der Waals surface area (Å²) in [6.07, 6.45) is -0.312. The van der Waals surface area contributed by atoms with Crippen LogP contribution in [0.5, 0.6) is 11.5 Å². The third-order valence-corrected chi connectivity index (χ3v) is 5.94. The predicted molar refractivity (Wildman–Crippen MR) is 108 cm³/mol. The molecule has 0 radical (unpaired) electrons. The first-order chi connectivity index (χ1) is 13.5. The number of carbonyl (C=O) groups is 2. The molecule has 1 rings (SSSR count). The molecule has 1 aromatic rings. The lowest BCUT2D eigenvalue weighted by Crippen LogP contribution is -2.47. The number of carboxylic acid groups (broad SMARTS) is 2. The number of aliphatic carboxylic acids is 2. The van der Waals surface area contributed by atoms with Crippen LogP contribution in [0, 0.1) is 28.6 Å². The van der Waals surface area contributed by atoms with E-state index in [0.29, 0.717) is 17.1 Å². The number of ether oxygens (including phenoxy) is 2. The minimum Gasteiger partial charge on any atom is -0.497 e. The molecular weight excluding hydrogens is 374 g/mol. The van der Waals surface area contributed by atoms with Crippen molar-refractivity contribution in [2.75, 3.05) is 14.2 Å². The highest BCUT2D eigenvalue weighted by atomic mass is 16.5. The summed E-state index contributed by atoms with van der Waals surface area (Å²) >= 11 is 0. The van der Waals surface area contributed by atoms with Crippen LogP contribution >= 0.6 is 0 Å². The Labute approximate surface area is 172 Å². The second-order valence-corrected chi connectivity index (χ2v) is 8.02. The second-order valence-electron chi connectivity index (χ2n) is 8.02. The van der Waals surface area contributed by atoms with Gasteiger partial charge in [-0.2, -0.15) is 5.26 Å². The maximum Gasteiger partial charge on any atom is 0.310 e. The van der Waals surface area contributed by atoms with E-state index in [4.69, 9.17) is 9.47 Å². The van der Waals surface area contributed by atoms with E-state index in [1.165, 1.54) is 14.2 Å². The highest BCUT2D eigenvalue weighted by Crippen LogP contribution is 2.49. The van der Waals surface area contributed by atoms with E-state index >= 15 is 0 Å². The van der Waals surface area contributed by atoms with Gasteiger partial charge >= 0.3 is 11.9 Å². The Hall–Kier alpha value is -2.75. The molecule has 1 atom stereocenters. The predicted octanol–water partition coefficient (Wildman–Crippen LogP) is 4.10. The highest BCUT2D eigenvalue weighted by molar-refractivity contribution is 5.76. The molecule has 0 saturated carbocycles. The zero-order chi connectivity index (χ0) is 22.4. The SMILES string of the molecule is COc1cc(OC)cc(C(C#N)(CCC(=O)O)CC(C(=O)O)(C(C)C)C(C)C)c1. The summed E-state index contributed by atoms with van der Waals surface area (Å²) in [6.45, 7) is 7.28. The smallest absolute Gasteiger partial charge is 0.310 e. The lowest BCUT2D eigenvalue weighted by Gasteiger charge is -2.43. The standard InChI is InChI=1S/C22H31NO6/c1-14(2)22(15(3)4,20(26)27)12-21(13-23,8-7-19(24)25)16-9-17(28-5)11-18(10-16)29-6/h9-11,14-15H,7-8,12H2,1-6H3,(H,24,25)(H,26,27). The summed E-state index contributed by atoms with van der Waals surface area (Å²) < 4.78 is 10.6. The van der Waals surface area contributed by atoms with Gasteiger partial charge in [0.05, 0.1) is 31.1 Å². The van der Waals surface area contributed by atoms with Gasteiger partial charge in [0.2, 0.25) is 0 Å². The lowest BCUT2D eigenvalue weighted by molar-refractivity contribution is -0.157. The van der Waals surface area contributed by atoms with Crippen molar-refractivity contribution in [2.45, 2.75) is 52.4 Å². The molecule has 0 aromatic heterocycles. The summed E-state index contributed by atoms with van der Waals surface area (Å²) in [6, 6.07) is 7.23. The zero-order valence-corrected chi connectivity index (χ0v) is 18.0. The Bertz CT molecular complexity index is 750. The number of methoxy groups -OCH3 is 2. The van der Waals surface area contributed by atoms with Crippen LogP contribution in [0.2, 0.25) is 0 Å². The Morgan fingerprint density at radius 2 is 1.52 bits per heavy atom. The molecule has 0 bridgehead atoms. The number of hydrogen-bond donors (Lipinski definition) is 2. The zero-order valence-electron chi connectivity index (χ0n) is 18.0. The molecule has 1 unspecified atom stereocenters. The first kappa shape index (κ1) is 24.3. The maximum atomic E-state index is 12.4. The van der Waals surface area contributed by atoms with Crippen molar-refractivity contribution in [1.82, 2.24) is 0 Å². The highest BCUT2D eigenvalue weighted by Gasteiger charge is 2.51. The van der Waals surface area contributed by atoms with Crippen LogP contribution in [0.4, 0.5) is 0 Å². The largest absolute Gasteiger partial charge is 0.497 e. The summed E-state index contributed by atoms with van der Waals surface area (Å²) in [4.78, 5) is 23.8. The number of carboxylic acids is 2. The fourth-order valence-corrected chi connectivity index (χ4v) is 4.04. The molecule has 0 amide bonds. The Kier molecular flexibility index (Phi) is 8.07. The fourth-order valence-electron chi connectivity index (χ4n) is 4.04. The van der Waals surface area contributed by atoms with Crippen LogP contribution in [0.25, 0.3) is 0 Å². The number of nitrogens with zero attached hydrogens (tertiary/aromatic N) is 1. The molecule has 0 aliphatic heterocycles. The van der Waals surface area contributed by atoms with Crippen molar-refractivity contribution in [3.63, 3.8) is 0 Å². The third kappa shape index (κ3) is 5.00. The van der Waals surface area contributed by atoms with Crippen LogP contribution in [-0.2, 0) is 15.0 Å². The van der Waals surface area contributed by atoms with Crippen LogP contribution in [0.3, 0.4) is 0 Å². The Balaban J connectivity index is 3.76. The summed E-state index contributed by atoms with van der Waals surface area (Å²) in [5.41, 5.74) is -2.07. The molecule has 2 N–H and O–H groups in total. The van der Waals surface area contributed by atoms with Crippen LogP contribution in [0.1, 0.15) is 52.5 Å². The molecule has 0 aliphatic rings. The molecule has 0 fully saturated rings. The second kappa shape index (κ2) is 9.64. The van der Waals surface area contributed by atoms with Gasteiger partial charge in [-0.1, -0.05) is 27.7 Å². The molecular formula is C22H31NO6. The van der Waals surface area contributed by atoms with Gasteiger partial charge in [-0.15, -0.1) is 0 Å². The van der Waals surface area contributed by atoms with E-state index in [1.54, 1.807) is 18.2 Å². The lowest BCUT2D eigenvalue weighted by atomic mass is 9.58. The van der Waals surface area contributed by atoms with Crippen LogP contribution < -0.4 is 9.47 Å². The molecule has 0 aliphatic carbocycles. The van der Waals surface area contributed by atoms with Crippen molar-refractivity contribution >= 4 is 11.9 Å². The van der Waals surface area contributed by atoms with Crippen molar-refractivity contribution in [1.29, 1.82) is 5.26 Å². The average Bonchev–Trinajstić information content (AvgIpc) is 2.67. The minimum atomic E-state index is -1.34. The van der Waals surface area contributed by atoms with Gasteiger partial charge in [-0.25, -0.2) is 0 Å². The van der Waals surface area contributed by atoms with E-state index < -0.39 is 22.8 Å². The summed E-state index contributed by atoms with van der Waals surface area (Å²) in [5.74, 6) is -1.69. The molecule has 0 spiro atoms. The number of benzene rings is 1. The number of rotatable bonds is 11. The van der Waals surface area contributed by atoms with Gasteiger partial charge in [0.15, 0.2) is 0 Å². The van der Waals surface area contributed by atoms with E-state index in [0.717, 1.165) is 0 Å². The summed E-state index contributed by atoms with van der Waals surface area (Å²) in [7, 11) is 2.96. The van der Waals surface area contributed by atoms with Crippen molar-refractivity contribution in [3.05, 3.63) is 23.8 Å². The molecule has 0 saturated heterocycles. The van der Waals surface area contributed by atoms with Crippen molar-refractivity contribution < 1.29 is 29.3 Å². The van der Waals surface area contributed by atoms with E-state index in [9.17, 15) is 25.1 Å². The number of hydrogen-bond acceptors (Lipinski definition) is 5. The Morgan fingerprint density at radius 1 is 1.03 bits per heavy atom. The normalized spacial score (nSPS) is 13.6. The van der Waals surface area contributed by atoms with Gasteiger partial charge in [0.1, 0.15) is 11.5 Å². The van der Waals surface area contributed by atoms with Crippen molar-refractivity contribution in [2.24, 2.45) is 17.3 Å². The number of nitriles is 1. The van der Waals surface area contributed by atoms with Gasteiger partial charge < -0.3 is 19.7 Å². The van der Waals surface area contributed by atoms with Gasteiger partial charge in [0.25, 0.3) is 0 Å². The van der Waals surface area contributed by atoms with E-state index in [-0.39, 0.29) is 31.1 Å². The first-order valence-corrected chi connectivity index (χ1v) is 9.59. The molecule has 0 heterocycles. The Morgan fingerprint density at radius 3 is 1.83 bits per heavy atom. The van der Waals surface area contributed by atoms with Crippen LogP contribution in [-0.4, -0.2) is 36.4 Å². The van der Waals surface area contributed by atoms with Crippen LogP contribution in [0.15, 0.2) is 18.2 Å². The molecule has 29 heavy (non-hydrogen) atoms. The monoisotopic (exact) mass is 405 g/mol. The quantitative estimate of drug-likeness (QED) is 0.569. The molecule has 7 nitrogen and oxygen atoms in total. The van der Waals surface area contributed by atoms with Crippen molar-refractivity contribution in [3.8, 4) is 17.6 Å². The first-order valence-electron chi connectivity index (χ1n) is 9.59. The van der Waals surface area contributed by atoms with Gasteiger partial charge in [-0.05, 0) is 42.4 Å². The molecule has 1 aromatic carbocycles. The molecule has 7 heteroatoms. The minimum absolute atomic E-state index is 0.0230. The topological polar surface area (TPSA) is 117 Å². The van der Waals surface area contributed by atoms with Gasteiger partial charge in [0, 0.05) is 12.5 Å². The van der Waals surface area contributed by atoms with E-state index in [1.807, 2.05) is 27.7 Å². The van der Waals surface area contributed by atoms with Gasteiger partial charge in [-0.3, -0.25) is 9.59 Å². The summed E-state index contributed by atoms with van der Waals surface area (Å²) in [5, 5.41) is 29.7. The third-order valence-electron chi connectivity index (χ3n) is 5.94. The van der Waals surface area contributed by atoms with E-state index in [2.05, 4.69) is 6.07 Å². The maximum absolute atomic E-state index is 12.4. The average molecular weight is 405 g/mol. The fraction of sp³-hybridized carbons (Fsp3) is 0.591. The molecule has 160 valence electrons.